The molecule has 3 rings (SSSR count). The molecule has 3 N–H and O–H groups in total. The van der Waals surface area contributed by atoms with E-state index >= 15 is 0 Å². The van der Waals surface area contributed by atoms with Gasteiger partial charge in [-0.3, -0.25) is 4.79 Å². The van der Waals surface area contributed by atoms with Crippen molar-refractivity contribution in [3.05, 3.63) is 58.4 Å². The number of nitrogens with one attached hydrogen (secondary N) is 1. The van der Waals surface area contributed by atoms with Crippen molar-refractivity contribution in [3.63, 3.8) is 0 Å². The van der Waals surface area contributed by atoms with E-state index in [2.05, 4.69) is 28.5 Å². The van der Waals surface area contributed by atoms with E-state index < -0.39 is 0 Å². The zero-order valence-electron chi connectivity index (χ0n) is 11.5. The summed E-state index contributed by atoms with van der Waals surface area (Å²) in [5.41, 5.74) is 9.18. The molecule has 1 aliphatic rings. The van der Waals surface area contributed by atoms with Gasteiger partial charge >= 0.3 is 0 Å². The van der Waals surface area contributed by atoms with Crippen LogP contribution < -0.4 is 11.1 Å². The number of aromatic nitrogens is 1. The Balaban J connectivity index is 1.73. The van der Waals surface area contributed by atoms with Crippen LogP contribution in [0.4, 0.5) is 5.69 Å². The van der Waals surface area contributed by atoms with Crippen molar-refractivity contribution in [2.45, 2.75) is 25.3 Å². The van der Waals surface area contributed by atoms with Gasteiger partial charge in [-0.25, -0.2) is 4.98 Å². The number of nitrogens with zero attached hydrogens (tertiary/aromatic N) is 1. The Kier molecular flexibility index (Phi) is 3.80. The molecule has 1 aromatic carbocycles. The molecule has 1 aliphatic carbocycles. The third-order valence-corrected chi connectivity index (χ3v) is 4.03. The quantitative estimate of drug-likeness (QED) is 0.838. The number of benzene rings is 1. The normalized spacial score (nSPS) is 17.1. The number of nitrogen functional groups attached to an aromatic ring is 1. The number of carbonyl (C=O) groups excluding carboxylic acids is 1. The summed E-state index contributed by atoms with van der Waals surface area (Å²) in [6.07, 6.45) is 4.17. The van der Waals surface area contributed by atoms with E-state index in [9.17, 15) is 4.79 Å². The van der Waals surface area contributed by atoms with E-state index in [1.165, 1.54) is 23.4 Å². The minimum atomic E-state index is -0.193. The molecule has 21 heavy (non-hydrogen) atoms. The lowest BCUT2D eigenvalue weighted by atomic mass is 9.88. The molecule has 0 radical (unpaired) electrons. The molecule has 1 heterocycles. The van der Waals surface area contributed by atoms with Crippen molar-refractivity contribution in [3.8, 4) is 0 Å². The summed E-state index contributed by atoms with van der Waals surface area (Å²) in [7, 11) is 0. The molecule has 5 heteroatoms. The van der Waals surface area contributed by atoms with Crippen LogP contribution in [0.3, 0.4) is 0 Å². The van der Waals surface area contributed by atoms with Crippen molar-refractivity contribution in [1.82, 2.24) is 10.3 Å². The van der Waals surface area contributed by atoms with Gasteiger partial charge in [-0.1, -0.05) is 35.9 Å². The van der Waals surface area contributed by atoms with E-state index in [0.717, 1.165) is 19.3 Å². The number of aryl methyl sites for hydroxylation is 1. The Labute approximate surface area is 128 Å². The number of halogens is 1. The van der Waals surface area contributed by atoms with Crippen molar-refractivity contribution < 1.29 is 4.79 Å². The van der Waals surface area contributed by atoms with Crippen LogP contribution in [0.2, 0.25) is 5.15 Å². The van der Waals surface area contributed by atoms with Crippen LogP contribution >= 0.6 is 11.6 Å². The van der Waals surface area contributed by atoms with E-state index in [-0.39, 0.29) is 17.1 Å². The largest absolute Gasteiger partial charge is 0.397 e. The molecule has 2 aromatic rings. The molecule has 0 saturated carbocycles. The first-order valence-electron chi connectivity index (χ1n) is 6.92. The average molecular weight is 302 g/mol. The topological polar surface area (TPSA) is 68.0 Å². The lowest BCUT2D eigenvalue weighted by Crippen LogP contribution is -2.39. The van der Waals surface area contributed by atoms with Crippen LogP contribution in [-0.2, 0) is 12.8 Å². The first kappa shape index (κ1) is 13.9. The van der Waals surface area contributed by atoms with E-state index in [1.54, 1.807) is 0 Å². The van der Waals surface area contributed by atoms with Gasteiger partial charge in [0, 0.05) is 6.04 Å². The monoisotopic (exact) mass is 301 g/mol. The molecule has 0 aliphatic heterocycles. The summed E-state index contributed by atoms with van der Waals surface area (Å²) in [5.74, 6) is -0.193. The number of carbonyl (C=O) groups is 1. The van der Waals surface area contributed by atoms with Crippen LogP contribution in [0.25, 0.3) is 0 Å². The van der Waals surface area contributed by atoms with Crippen molar-refractivity contribution in [1.29, 1.82) is 0 Å². The SMILES string of the molecule is Nc1cnc(Cl)cc1C(=O)NC1CCc2ccccc2C1. The summed E-state index contributed by atoms with van der Waals surface area (Å²) in [6, 6.07) is 9.97. The number of rotatable bonds is 2. The highest BCUT2D eigenvalue weighted by atomic mass is 35.5. The Hall–Kier alpha value is -2.07. The van der Waals surface area contributed by atoms with Crippen LogP contribution in [0.5, 0.6) is 0 Å². The Bertz CT molecular complexity index is 687. The van der Waals surface area contributed by atoms with Crippen LogP contribution in [0, 0.1) is 0 Å². The summed E-state index contributed by atoms with van der Waals surface area (Å²) in [4.78, 5) is 16.2. The van der Waals surface area contributed by atoms with Crippen LogP contribution in [0.15, 0.2) is 36.5 Å². The zero-order chi connectivity index (χ0) is 14.8. The number of pyridine rings is 1. The molecule has 0 fully saturated rings. The molecule has 108 valence electrons. The molecule has 0 saturated heterocycles. The zero-order valence-corrected chi connectivity index (χ0v) is 12.2. The van der Waals surface area contributed by atoms with Gasteiger partial charge in [-0.15, -0.1) is 0 Å². The summed E-state index contributed by atoms with van der Waals surface area (Å²) in [6.45, 7) is 0. The highest BCUT2D eigenvalue weighted by molar-refractivity contribution is 6.29. The second-order valence-corrected chi connectivity index (χ2v) is 5.66. The lowest BCUT2D eigenvalue weighted by Gasteiger charge is -2.25. The lowest BCUT2D eigenvalue weighted by molar-refractivity contribution is 0.0934. The third kappa shape index (κ3) is 3.00. The maximum absolute atomic E-state index is 12.3. The fourth-order valence-corrected chi connectivity index (χ4v) is 2.88. The average Bonchev–Trinajstić information content (AvgIpc) is 2.49. The smallest absolute Gasteiger partial charge is 0.253 e. The van der Waals surface area contributed by atoms with Crippen LogP contribution in [0.1, 0.15) is 27.9 Å². The molecule has 0 bridgehead atoms. The van der Waals surface area contributed by atoms with Gasteiger partial charge in [0.05, 0.1) is 17.4 Å². The number of amides is 1. The number of anilines is 1. The van der Waals surface area contributed by atoms with Crippen molar-refractivity contribution >= 4 is 23.2 Å². The third-order valence-electron chi connectivity index (χ3n) is 3.83. The molecule has 1 unspecified atom stereocenters. The molecule has 1 amide bonds. The van der Waals surface area contributed by atoms with Gasteiger partial charge in [0.2, 0.25) is 0 Å². The van der Waals surface area contributed by atoms with Crippen molar-refractivity contribution in [2.75, 3.05) is 5.73 Å². The summed E-state index contributed by atoms with van der Waals surface area (Å²) in [5, 5.41) is 3.31. The fourth-order valence-electron chi connectivity index (χ4n) is 2.72. The molecule has 1 atom stereocenters. The predicted molar refractivity (Wildman–Crippen MR) is 83.4 cm³/mol. The summed E-state index contributed by atoms with van der Waals surface area (Å²) >= 11 is 5.82. The summed E-state index contributed by atoms with van der Waals surface area (Å²) < 4.78 is 0. The van der Waals surface area contributed by atoms with Gasteiger partial charge in [-0.2, -0.15) is 0 Å². The first-order valence-corrected chi connectivity index (χ1v) is 7.30. The molecule has 1 aromatic heterocycles. The minimum absolute atomic E-state index is 0.124. The predicted octanol–water partition coefficient (Wildman–Crippen LogP) is 2.60. The number of nitrogens with two attached hydrogens (primary N) is 1. The van der Waals surface area contributed by atoms with E-state index in [0.29, 0.717) is 11.3 Å². The van der Waals surface area contributed by atoms with Gasteiger partial charge < -0.3 is 11.1 Å². The second kappa shape index (κ2) is 5.74. The van der Waals surface area contributed by atoms with Gasteiger partial charge in [0.15, 0.2) is 0 Å². The maximum atomic E-state index is 12.3. The molecular weight excluding hydrogens is 286 g/mol. The van der Waals surface area contributed by atoms with E-state index in [1.807, 2.05) is 6.07 Å². The Morgan fingerprint density at radius 1 is 1.33 bits per heavy atom. The fraction of sp³-hybridized carbons (Fsp3) is 0.250. The minimum Gasteiger partial charge on any atom is -0.397 e. The number of fused-ring (bicyclic) bond motifs is 1. The maximum Gasteiger partial charge on any atom is 0.253 e. The van der Waals surface area contributed by atoms with Gasteiger partial charge in [0.1, 0.15) is 5.15 Å². The first-order chi connectivity index (χ1) is 10.1. The number of hydrogen-bond donors (Lipinski definition) is 2. The molecule has 0 spiro atoms. The van der Waals surface area contributed by atoms with Crippen LogP contribution in [-0.4, -0.2) is 16.9 Å². The molecule has 4 nitrogen and oxygen atoms in total. The second-order valence-electron chi connectivity index (χ2n) is 5.28. The standard InChI is InChI=1S/C16H16ClN3O/c17-15-8-13(14(18)9-19-15)16(21)20-12-6-5-10-3-1-2-4-11(10)7-12/h1-4,8-9,12H,5-7,18H2,(H,20,21). The van der Waals surface area contributed by atoms with Gasteiger partial charge in [-0.05, 0) is 36.5 Å². The van der Waals surface area contributed by atoms with E-state index in [4.69, 9.17) is 17.3 Å². The highest BCUT2D eigenvalue weighted by Crippen LogP contribution is 2.22. The highest BCUT2D eigenvalue weighted by Gasteiger charge is 2.21. The van der Waals surface area contributed by atoms with Gasteiger partial charge in [0.25, 0.3) is 5.91 Å². The Morgan fingerprint density at radius 2 is 2.10 bits per heavy atom. The Morgan fingerprint density at radius 3 is 2.90 bits per heavy atom. The molecular formula is C16H16ClN3O. The van der Waals surface area contributed by atoms with Crippen molar-refractivity contribution in [2.24, 2.45) is 0 Å². The number of hydrogen-bond acceptors (Lipinski definition) is 3.